The van der Waals surface area contributed by atoms with Crippen molar-refractivity contribution in [3.8, 4) is 11.1 Å². The molecular formula is C34H38N6O2. The Morgan fingerprint density at radius 3 is 2.05 bits per heavy atom. The summed E-state index contributed by atoms with van der Waals surface area (Å²) in [5.41, 5.74) is 5.72. The summed E-state index contributed by atoms with van der Waals surface area (Å²) >= 11 is 0. The third-order valence-electron chi connectivity index (χ3n) is 8.71. The lowest BCUT2D eigenvalue weighted by molar-refractivity contribution is 0.0871. The smallest absolute Gasteiger partial charge is 0.251 e. The Morgan fingerprint density at radius 2 is 1.43 bits per heavy atom. The molecule has 3 aromatic carbocycles. The van der Waals surface area contributed by atoms with Gasteiger partial charge in [0.25, 0.3) is 5.91 Å². The van der Waals surface area contributed by atoms with E-state index in [1.54, 1.807) is 30.5 Å². The number of piperazine rings is 1. The van der Waals surface area contributed by atoms with Gasteiger partial charge >= 0.3 is 0 Å². The van der Waals surface area contributed by atoms with Gasteiger partial charge in [-0.3, -0.25) is 19.6 Å². The number of ketones is 1. The van der Waals surface area contributed by atoms with Gasteiger partial charge < -0.3 is 15.5 Å². The van der Waals surface area contributed by atoms with Crippen LogP contribution in [0, 0.1) is 0 Å². The molecule has 0 radical (unpaired) electrons. The van der Waals surface area contributed by atoms with E-state index in [1.807, 2.05) is 30.5 Å². The summed E-state index contributed by atoms with van der Waals surface area (Å²) in [6, 6.07) is 23.3. The summed E-state index contributed by atoms with van der Waals surface area (Å²) in [4.78, 5) is 31.5. The number of nitrogens with one attached hydrogen (secondary N) is 3. The minimum absolute atomic E-state index is 0.0411. The molecule has 0 spiro atoms. The summed E-state index contributed by atoms with van der Waals surface area (Å²) in [6.45, 7) is 6.85. The van der Waals surface area contributed by atoms with E-state index in [2.05, 4.69) is 61.9 Å². The van der Waals surface area contributed by atoms with E-state index in [0.29, 0.717) is 16.7 Å². The van der Waals surface area contributed by atoms with Gasteiger partial charge in [0.15, 0.2) is 5.78 Å². The zero-order chi connectivity index (χ0) is 28.9. The average Bonchev–Trinajstić information content (AvgIpc) is 3.58. The van der Waals surface area contributed by atoms with Gasteiger partial charge in [0.05, 0.1) is 11.7 Å². The number of carbonyl (C=O) groups is 2. The number of likely N-dealkylation sites (N-methyl/N-ethyl adjacent to an activating group) is 1. The molecule has 2 aliphatic rings. The molecule has 0 unspecified atom stereocenters. The second-order valence-electron chi connectivity index (χ2n) is 11.5. The third-order valence-corrected chi connectivity index (χ3v) is 8.71. The number of aromatic nitrogens is 2. The molecule has 4 aromatic rings. The van der Waals surface area contributed by atoms with E-state index in [1.165, 1.54) is 5.56 Å². The Bertz CT molecular complexity index is 1480. The van der Waals surface area contributed by atoms with Crippen LogP contribution in [0.1, 0.15) is 50.2 Å². The fraction of sp³-hybridized carbons (Fsp3) is 0.324. The molecule has 0 atom stereocenters. The molecule has 3 N–H and O–H groups in total. The Labute approximate surface area is 247 Å². The average molecular weight is 563 g/mol. The summed E-state index contributed by atoms with van der Waals surface area (Å²) in [6.07, 6.45) is 5.27. The topological polar surface area (TPSA) is 93.4 Å². The molecule has 0 aliphatic carbocycles. The highest BCUT2D eigenvalue weighted by molar-refractivity contribution is 6.09. The number of rotatable bonds is 8. The van der Waals surface area contributed by atoms with E-state index in [9.17, 15) is 9.59 Å². The first-order chi connectivity index (χ1) is 20.5. The maximum Gasteiger partial charge on any atom is 0.251 e. The number of piperidine rings is 1. The Balaban J connectivity index is 1.12. The molecule has 1 aromatic heterocycles. The summed E-state index contributed by atoms with van der Waals surface area (Å²) in [7, 11) is 2.16. The van der Waals surface area contributed by atoms with E-state index >= 15 is 0 Å². The van der Waals surface area contributed by atoms with E-state index in [0.717, 1.165) is 75.3 Å². The molecular weight excluding hydrogens is 524 g/mol. The van der Waals surface area contributed by atoms with Gasteiger partial charge in [-0.05, 0) is 61.8 Å². The van der Waals surface area contributed by atoms with Crippen LogP contribution in [0.5, 0.6) is 0 Å². The van der Waals surface area contributed by atoms with Crippen molar-refractivity contribution in [3.05, 3.63) is 113 Å². The summed E-state index contributed by atoms with van der Waals surface area (Å²) in [5, 5.41) is 13.7. The lowest BCUT2D eigenvalue weighted by atomic mass is 9.80. The summed E-state index contributed by atoms with van der Waals surface area (Å²) in [5.74, 6) is -0.177. The molecule has 216 valence electrons. The molecule has 2 saturated heterocycles. The lowest BCUT2D eigenvalue weighted by Crippen LogP contribution is -2.52. The van der Waals surface area contributed by atoms with Crippen molar-refractivity contribution < 1.29 is 9.59 Å². The Morgan fingerprint density at radius 1 is 0.810 bits per heavy atom. The van der Waals surface area contributed by atoms with Crippen LogP contribution in [0.25, 0.3) is 11.1 Å². The quantitative estimate of drug-likeness (QED) is 0.281. The van der Waals surface area contributed by atoms with Crippen LogP contribution in [0.3, 0.4) is 0 Å². The number of aromatic amines is 1. The Hall–Kier alpha value is -4.11. The van der Waals surface area contributed by atoms with Crippen molar-refractivity contribution in [2.75, 3.05) is 46.3 Å². The zero-order valence-electron chi connectivity index (χ0n) is 24.1. The number of benzene rings is 3. The van der Waals surface area contributed by atoms with Crippen molar-refractivity contribution in [1.82, 2.24) is 30.6 Å². The first-order valence-corrected chi connectivity index (χ1v) is 14.8. The van der Waals surface area contributed by atoms with Crippen molar-refractivity contribution in [2.45, 2.75) is 24.9 Å². The number of H-pyrrole nitrogens is 1. The van der Waals surface area contributed by atoms with Crippen LogP contribution in [-0.2, 0) is 12.1 Å². The lowest BCUT2D eigenvalue weighted by Gasteiger charge is -2.39. The van der Waals surface area contributed by atoms with E-state index in [4.69, 9.17) is 0 Å². The molecule has 3 heterocycles. The van der Waals surface area contributed by atoms with Gasteiger partial charge in [0.2, 0.25) is 0 Å². The second-order valence-corrected chi connectivity index (χ2v) is 11.5. The van der Waals surface area contributed by atoms with Crippen molar-refractivity contribution in [3.63, 3.8) is 0 Å². The molecule has 42 heavy (non-hydrogen) atoms. The number of carbonyl (C=O) groups excluding carboxylic acids is 2. The molecule has 8 nitrogen and oxygen atoms in total. The number of nitrogens with zero attached hydrogens (tertiary/aromatic N) is 3. The highest BCUT2D eigenvalue weighted by Crippen LogP contribution is 2.33. The largest absolute Gasteiger partial charge is 0.342 e. The normalized spacial score (nSPS) is 17.5. The first-order valence-electron chi connectivity index (χ1n) is 14.8. The maximum absolute atomic E-state index is 13.5. The standard InChI is InChI=1S/C34H38N6O2/c1-39-18-20-40(21-19-39)24-25-2-4-27(5-3-25)32(41)28-6-8-29(9-7-28)33(42)38-34(14-16-35-17-15-34)31-12-10-26(11-13-31)30-22-36-37-23-30/h2-13,22-23,35H,14-21,24H2,1H3,(H,36,37)(H,38,42). The van der Waals surface area contributed by atoms with E-state index in [-0.39, 0.29) is 11.7 Å². The molecule has 1 amide bonds. The number of hydrogen-bond acceptors (Lipinski definition) is 6. The van der Waals surface area contributed by atoms with Gasteiger partial charge in [-0.1, -0.05) is 60.7 Å². The minimum Gasteiger partial charge on any atom is -0.342 e. The predicted molar refractivity (Wildman–Crippen MR) is 164 cm³/mol. The fourth-order valence-electron chi connectivity index (χ4n) is 5.98. The monoisotopic (exact) mass is 562 g/mol. The molecule has 0 bridgehead atoms. The van der Waals surface area contributed by atoms with Gasteiger partial charge in [-0.15, -0.1) is 0 Å². The van der Waals surface area contributed by atoms with Gasteiger partial charge in [-0.25, -0.2) is 0 Å². The fourth-order valence-corrected chi connectivity index (χ4v) is 5.98. The van der Waals surface area contributed by atoms with Gasteiger partial charge in [0, 0.05) is 61.2 Å². The molecule has 2 fully saturated rings. The van der Waals surface area contributed by atoms with Crippen molar-refractivity contribution in [2.24, 2.45) is 0 Å². The minimum atomic E-state index is -0.461. The molecule has 6 rings (SSSR count). The number of amides is 1. The van der Waals surface area contributed by atoms with Crippen LogP contribution < -0.4 is 10.6 Å². The van der Waals surface area contributed by atoms with Gasteiger partial charge in [-0.2, -0.15) is 5.10 Å². The third kappa shape index (κ3) is 6.21. The zero-order valence-corrected chi connectivity index (χ0v) is 24.1. The molecule has 2 aliphatic heterocycles. The van der Waals surface area contributed by atoms with Crippen LogP contribution in [0.2, 0.25) is 0 Å². The predicted octanol–water partition coefficient (Wildman–Crippen LogP) is 4.06. The summed E-state index contributed by atoms with van der Waals surface area (Å²) < 4.78 is 0. The molecule has 8 heteroatoms. The second kappa shape index (κ2) is 12.4. The van der Waals surface area contributed by atoms with Gasteiger partial charge in [0.1, 0.15) is 0 Å². The first kappa shape index (κ1) is 28.0. The van der Waals surface area contributed by atoms with Crippen LogP contribution in [0.4, 0.5) is 0 Å². The highest BCUT2D eigenvalue weighted by atomic mass is 16.2. The van der Waals surface area contributed by atoms with E-state index < -0.39 is 5.54 Å². The maximum atomic E-state index is 13.5. The van der Waals surface area contributed by atoms with Crippen LogP contribution >= 0.6 is 0 Å². The van der Waals surface area contributed by atoms with Crippen LogP contribution in [-0.4, -0.2) is 78.0 Å². The molecule has 0 saturated carbocycles. The Kier molecular flexibility index (Phi) is 8.28. The number of hydrogen-bond donors (Lipinski definition) is 3. The van der Waals surface area contributed by atoms with Crippen molar-refractivity contribution in [1.29, 1.82) is 0 Å². The van der Waals surface area contributed by atoms with Crippen LogP contribution in [0.15, 0.2) is 85.2 Å². The highest BCUT2D eigenvalue weighted by Gasteiger charge is 2.35. The van der Waals surface area contributed by atoms with Crippen molar-refractivity contribution >= 4 is 11.7 Å². The SMILES string of the molecule is CN1CCN(Cc2ccc(C(=O)c3ccc(C(=O)NC4(c5ccc(-c6cn[nH]c6)cc5)CCNCC4)cc3)cc2)CC1.